The second kappa shape index (κ2) is 7.59. The normalized spacial score (nSPS) is 30.8. The van der Waals surface area contributed by atoms with Crippen molar-refractivity contribution in [3.63, 3.8) is 0 Å². The lowest BCUT2D eigenvalue weighted by atomic mass is 9.78. The van der Waals surface area contributed by atoms with Crippen LogP contribution in [0, 0.1) is 5.92 Å². The molecule has 2 aliphatic rings. The van der Waals surface area contributed by atoms with Crippen LogP contribution >= 0.6 is 0 Å². The zero-order chi connectivity index (χ0) is 15.3. The van der Waals surface area contributed by atoms with E-state index < -0.39 is 5.60 Å². The van der Waals surface area contributed by atoms with Gasteiger partial charge in [-0.3, -0.25) is 9.69 Å². The summed E-state index contributed by atoms with van der Waals surface area (Å²) in [5.74, 6) is -0.0885. The van der Waals surface area contributed by atoms with Gasteiger partial charge in [-0.15, -0.1) is 0 Å². The van der Waals surface area contributed by atoms with Gasteiger partial charge in [0.2, 0.25) is 0 Å². The highest BCUT2D eigenvalue weighted by molar-refractivity contribution is 5.72. The van der Waals surface area contributed by atoms with Gasteiger partial charge in [-0.25, -0.2) is 0 Å². The molecule has 0 atom stereocenters. The maximum absolute atomic E-state index is 11.8. The van der Waals surface area contributed by atoms with Gasteiger partial charge in [0.25, 0.3) is 0 Å². The predicted molar refractivity (Wildman–Crippen MR) is 83.0 cm³/mol. The molecule has 2 aliphatic carbocycles. The largest absolute Gasteiger partial charge is 0.466 e. The van der Waals surface area contributed by atoms with Crippen LogP contribution in [0.4, 0.5) is 0 Å². The van der Waals surface area contributed by atoms with Crippen LogP contribution in [0.5, 0.6) is 0 Å². The molecule has 0 aliphatic heterocycles. The van der Waals surface area contributed by atoms with Crippen molar-refractivity contribution in [1.82, 2.24) is 4.90 Å². The van der Waals surface area contributed by atoms with Crippen molar-refractivity contribution < 1.29 is 14.6 Å². The number of rotatable bonds is 6. The van der Waals surface area contributed by atoms with Crippen molar-refractivity contribution in [3.05, 3.63) is 0 Å². The van der Waals surface area contributed by atoms with Gasteiger partial charge in [0.05, 0.1) is 18.1 Å². The van der Waals surface area contributed by atoms with Crippen molar-refractivity contribution in [3.8, 4) is 0 Å². The summed E-state index contributed by atoms with van der Waals surface area (Å²) in [6.45, 7) is 6.26. The molecular weight excluding hydrogens is 266 g/mol. The van der Waals surface area contributed by atoms with Crippen molar-refractivity contribution in [2.24, 2.45) is 5.92 Å². The van der Waals surface area contributed by atoms with Gasteiger partial charge in [0.1, 0.15) is 0 Å². The molecule has 0 amide bonds. The van der Waals surface area contributed by atoms with E-state index in [-0.39, 0.29) is 11.9 Å². The number of carbonyl (C=O) groups is 1. The summed E-state index contributed by atoms with van der Waals surface area (Å²) < 4.78 is 5.10. The molecule has 0 saturated heterocycles. The molecule has 0 spiro atoms. The first-order chi connectivity index (χ1) is 10.1. The van der Waals surface area contributed by atoms with Gasteiger partial charge in [-0.05, 0) is 52.0 Å². The smallest absolute Gasteiger partial charge is 0.308 e. The van der Waals surface area contributed by atoms with E-state index in [1.54, 1.807) is 0 Å². The average Bonchev–Trinajstić information content (AvgIpc) is 3.00. The molecule has 2 fully saturated rings. The molecule has 1 N–H and O–H groups in total. The van der Waals surface area contributed by atoms with E-state index in [1.807, 2.05) is 6.92 Å². The van der Waals surface area contributed by atoms with Crippen LogP contribution in [0.25, 0.3) is 0 Å². The Labute approximate surface area is 128 Å². The number of aliphatic hydroxyl groups is 1. The van der Waals surface area contributed by atoms with Crippen molar-refractivity contribution >= 4 is 5.97 Å². The van der Waals surface area contributed by atoms with Crippen molar-refractivity contribution in [2.45, 2.75) is 76.9 Å². The number of esters is 1. The molecule has 0 aromatic carbocycles. The second-order valence-electron chi connectivity index (χ2n) is 6.75. The van der Waals surface area contributed by atoms with Crippen LogP contribution in [-0.2, 0) is 9.53 Å². The quantitative estimate of drug-likeness (QED) is 0.766. The third-order valence-electron chi connectivity index (χ3n) is 5.28. The van der Waals surface area contributed by atoms with Crippen molar-refractivity contribution in [1.29, 1.82) is 0 Å². The van der Waals surface area contributed by atoms with E-state index in [0.717, 1.165) is 38.8 Å². The molecule has 2 rings (SSSR count). The van der Waals surface area contributed by atoms with E-state index in [0.29, 0.717) is 12.6 Å². The number of carbonyl (C=O) groups excluding carboxylic acids is 1. The first-order valence-corrected chi connectivity index (χ1v) is 8.71. The van der Waals surface area contributed by atoms with Crippen LogP contribution in [0.15, 0.2) is 0 Å². The number of ether oxygens (including phenoxy) is 1. The van der Waals surface area contributed by atoms with Crippen LogP contribution in [0.1, 0.15) is 65.2 Å². The number of likely N-dealkylation sites (N-methyl/N-ethyl adjacent to an activating group) is 1. The van der Waals surface area contributed by atoms with Crippen molar-refractivity contribution in [2.75, 3.05) is 19.7 Å². The molecule has 0 heterocycles. The summed E-state index contributed by atoms with van der Waals surface area (Å²) in [6.07, 6.45) is 8.16. The summed E-state index contributed by atoms with van der Waals surface area (Å²) >= 11 is 0. The molecule has 0 aromatic heterocycles. The predicted octanol–water partition coefficient (Wildman–Crippen LogP) is 2.74. The van der Waals surface area contributed by atoms with Crippen LogP contribution in [0.2, 0.25) is 0 Å². The Morgan fingerprint density at radius 3 is 2.33 bits per heavy atom. The minimum Gasteiger partial charge on any atom is -0.466 e. The zero-order valence-corrected chi connectivity index (χ0v) is 13.6. The molecule has 122 valence electrons. The summed E-state index contributed by atoms with van der Waals surface area (Å²) in [5.41, 5.74) is -0.610. The Balaban J connectivity index is 1.84. The highest BCUT2D eigenvalue weighted by Crippen LogP contribution is 2.35. The van der Waals surface area contributed by atoms with Gasteiger partial charge >= 0.3 is 5.97 Å². The third kappa shape index (κ3) is 4.43. The lowest BCUT2D eigenvalue weighted by molar-refractivity contribution is -0.151. The first-order valence-electron chi connectivity index (χ1n) is 8.71. The molecule has 2 saturated carbocycles. The molecular formula is C17H31NO3. The number of nitrogens with zero attached hydrogens (tertiary/aromatic N) is 1. The highest BCUT2D eigenvalue weighted by Gasteiger charge is 2.38. The Hall–Kier alpha value is -0.610. The van der Waals surface area contributed by atoms with Crippen LogP contribution < -0.4 is 0 Å². The Morgan fingerprint density at radius 2 is 1.81 bits per heavy atom. The monoisotopic (exact) mass is 297 g/mol. The lowest BCUT2D eigenvalue weighted by Gasteiger charge is -2.40. The SMILES string of the molecule is CCOC(=O)C1CCC(O)(CN(CC)C2CCCC2)CC1. The van der Waals surface area contributed by atoms with E-state index in [4.69, 9.17) is 4.74 Å². The fourth-order valence-electron chi connectivity index (χ4n) is 3.96. The standard InChI is InChI=1S/C17H31NO3/c1-3-18(15-7-5-6-8-15)13-17(20)11-9-14(10-12-17)16(19)21-4-2/h14-15,20H,3-13H2,1-2H3. The molecule has 4 heteroatoms. The van der Waals surface area contributed by atoms with E-state index >= 15 is 0 Å². The maximum Gasteiger partial charge on any atom is 0.308 e. The molecule has 21 heavy (non-hydrogen) atoms. The van der Waals surface area contributed by atoms with Crippen LogP contribution in [0.3, 0.4) is 0 Å². The highest BCUT2D eigenvalue weighted by atomic mass is 16.5. The fourth-order valence-corrected chi connectivity index (χ4v) is 3.96. The van der Waals surface area contributed by atoms with Gasteiger partial charge in [-0.1, -0.05) is 19.8 Å². The summed E-state index contributed by atoms with van der Waals surface area (Å²) in [6, 6.07) is 0.654. The zero-order valence-electron chi connectivity index (χ0n) is 13.6. The summed E-state index contributed by atoms with van der Waals surface area (Å²) in [7, 11) is 0. The lowest BCUT2D eigenvalue weighted by Crippen LogP contribution is -2.49. The molecule has 0 bridgehead atoms. The van der Waals surface area contributed by atoms with Crippen LogP contribution in [-0.4, -0.2) is 47.3 Å². The van der Waals surface area contributed by atoms with Gasteiger partial charge < -0.3 is 9.84 Å². The van der Waals surface area contributed by atoms with Gasteiger partial charge in [0, 0.05) is 12.6 Å². The molecule has 4 nitrogen and oxygen atoms in total. The minimum atomic E-state index is -0.610. The Bertz CT molecular complexity index is 331. The van der Waals surface area contributed by atoms with E-state index in [2.05, 4.69) is 11.8 Å². The first kappa shape index (κ1) is 16.8. The minimum absolute atomic E-state index is 0.00761. The number of hydrogen-bond acceptors (Lipinski definition) is 4. The fraction of sp³-hybridized carbons (Fsp3) is 0.941. The molecule has 0 unspecified atom stereocenters. The van der Waals surface area contributed by atoms with E-state index in [9.17, 15) is 9.90 Å². The molecule has 0 radical (unpaired) electrons. The summed E-state index contributed by atoms with van der Waals surface area (Å²) in [4.78, 5) is 14.2. The Kier molecular flexibility index (Phi) is 6.06. The topological polar surface area (TPSA) is 49.8 Å². The summed E-state index contributed by atoms with van der Waals surface area (Å²) in [5, 5.41) is 10.9. The Morgan fingerprint density at radius 1 is 1.19 bits per heavy atom. The van der Waals surface area contributed by atoms with Gasteiger partial charge in [-0.2, -0.15) is 0 Å². The second-order valence-corrected chi connectivity index (χ2v) is 6.75. The number of hydrogen-bond donors (Lipinski definition) is 1. The van der Waals surface area contributed by atoms with Gasteiger partial charge in [0.15, 0.2) is 0 Å². The molecule has 0 aromatic rings. The third-order valence-corrected chi connectivity index (χ3v) is 5.28. The average molecular weight is 297 g/mol. The van der Waals surface area contributed by atoms with E-state index in [1.165, 1.54) is 25.7 Å². The maximum atomic E-state index is 11.8.